The van der Waals surface area contributed by atoms with E-state index < -0.39 is 11.9 Å². The standard InChI is InChI=1S/C13H13NO5S/c1-2-17-11(15)7-8-12(16)19-20-13-14-9-5-3-4-6-10(9)18-13/h3-6H,2,7-8H2,1H3. The molecular weight excluding hydrogens is 282 g/mol. The summed E-state index contributed by atoms with van der Waals surface area (Å²) in [6.07, 6.45) is -0.0349. The predicted molar refractivity (Wildman–Crippen MR) is 71.8 cm³/mol. The summed E-state index contributed by atoms with van der Waals surface area (Å²) in [6, 6.07) is 7.23. The smallest absolute Gasteiger partial charge is 0.318 e. The lowest BCUT2D eigenvalue weighted by molar-refractivity contribution is -0.146. The Balaban J connectivity index is 1.79. The van der Waals surface area contributed by atoms with Crippen molar-refractivity contribution in [3.05, 3.63) is 24.3 Å². The van der Waals surface area contributed by atoms with E-state index in [0.29, 0.717) is 17.7 Å². The van der Waals surface area contributed by atoms with Crippen LogP contribution in [-0.2, 0) is 18.5 Å². The third kappa shape index (κ3) is 3.99. The Morgan fingerprint density at radius 2 is 2.00 bits per heavy atom. The first-order chi connectivity index (χ1) is 9.69. The first-order valence-corrected chi connectivity index (χ1v) is 6.81. The Hall–Kier alpha value is -2.02. The van der Waals surface area contributed by atoms with E-state index in [1.807, 2.05) is 12.1 Å². The summed E-state index contributed by atoms with van der Waals surface area (Å²) in [7, 11) is 0. The Morgan fingerprint density at radius 3 is 2.75 bits per heavy atom. The van der Waals surface area contributed by atoms with Crippen molar-refractivity contribution in [1.82, 2.24) is 4.98 Å². The highest BCUT2D eigenvalue weighted by atomic mass is 32.2. The quantitative estimate of drug-likeness (QED) is 0.598. The van der Waals surface area contributed by atoms with Crippen LogP contribution in [0.15, 0.2) is 33.9 Å². The van der Waals surface area contributed by atoms with Crippen molar-refractivity contribution in [2.75, 3.05) is 6.61 Å². The van der Waals surface area contributed by atoms with Crippen LogP contribution >= 0.6 is 12.0 Å². The highest BCUT2D eigenvalue weighted by Crippen LogP contribution is 2.24. The maximum Gasteiger partial charge on any atom is 0.318 e. The fourth-order valence-corrected chi connectivity index (χ4v) is 1.95. The molecule has 2 aromatic rings. The van der Waals surface area contributed by atoms with E-state index in [-0.39, 0.29) is 18.1 Å². The van der Waals surface area contributed by atoms with Gasteiger partial charge in [-0.05, 0) is 19.1 Å². The van der Waals surface area contributed by atoms with Gasteiger partial charge in [0, 0.05) is 0 Å². The van der Waals surface area contributed by atoms with Crippen LogP contribution < -0.4 is 0 Å². The first kappa shape index (κ1) is 14.4. The van der Waals surface area contributed by atoms with E-state index in [4.69, 9.17) is 13.3 Å². The molecule has 0 aliphatic carbocycles. The van der Waals surface area contributed by atoms with Crippen molar-refractivity contribution >= 4 is 35.1 Å². The lowest BCUT2D eigenvalue weighted by Gasteiger charge is -2.00. The topological polar surface area (TPSA) is 78.6 Å². The van der Waals surface area contributed by atoms with E-state index in [1.165, 1.54) is 0 Å². The van der Waals surface area contributed by atoms with Crippen LogP contribution in [0.1, 0.15) is 19.8 Å². The fraction of sp³-hybridized carbons (Fsp3) is 0.308. The number of carbonyl (C=O) groups excluding carboxylic acids is 2. The molecular formula is C13H13NO5S. The number of ether oxygens (including phenoxy) is 1. The molecule has 0 radical (unpaired) electrons. The molecule has 0 N–H and O–H groups in total. The fourth-order valence-electron chi connectivity index (χ4n) is 1.45. The van der Waals surface area contributed by atoms with Crippen molar-refractivity contribution in [2.45, 2.75) is 25.0 Å². The number of benzene rings is 1. The zero-order chi connectivity index (χ0) is 14.4. The van der Waals surface area contributed by atoms with E-state index in [1.54, 1.807) is 19.1 Å². The molecule has 0 aliphatic rings. The summed E-state index contributed by atoms with van der Waals surface area (Å²) in [6.45, 7) is 2.00. The van der Waals surface area contributed by atoms with Crippen molar-refractivity contribution in [1.29, 1.82) is 0 Å². The third-order valence-corrected chi connectivity index (χ3v) is 2.91. The Kier molecular flexibility index (Phi) is 5.00. The molecule has 0 bridgehead atoms. The Bertz CT molecular complexity index is 577. The van der Waals surface area contributed by atoms with Crippen LogP contribution in [0, 0.1) is 0 Å². The van der Waals surface area contributed by atoms with Gasteiger partial charge in [0.05, 0.1) is 19.4 Å². The second kappa shape index (κ2) is 6.95. The molecule has 20 heavy (non-hydrogen) atoms. The summed E-state index contributed by atoms with van der Waals surface area (Å²) in [5, 5.41) is 0.246. The van der Waals surface area contributed by atoms with E-state index in [9.17, 15) is 9.59 Å². The minimum Gasteiger partial charge on any atom is -0.466 e. The highest BCUT2D eigenvalue weighted by Gasteiger charge is 2.12. The SMILES string of the molecule is CCOC(=O)CCC(=O)OSc1nc2ccccc2o1. The number of rotatable bonds is 6. The van der Waals surface area contributed by atoms with Gasteiger partial charge in [0.25, 0.3) is 5.22 Å². The van der Waals surface area contributed by atoms with Crippen molar-refractivity contribution < 1.29 is 22.9 Å². The van der Waals surface area contributed by atoms with Gasteiger partial charge in [0.1, 0.15) is 5.52 Å². The number of hydrogen-bond acceptors (Lipinski definition) is 7. The molecule has 7 heteroatoms. The normalized spacial score (nSPS) is 10.4. The molecule has 0 fully saturated rings. The zero-order valence-electron chi connectivity index (χ0n) is 10.8. The number of carbonyl (C=O) groups is 2. The molecule has 6 nitrogen and oxygen atoms in total. The number of aromatic nitrogens is 1. The van der Waals surface area contributed by atoms with Gasteiger partial charge in [-0.15, -0.1) is 0 Å². The average Bonchev–Trinajstić information content (AvgIpc) is 2.86. The molecule has 0 aliphatic heterocycles. The third-order valence-electron chi connectivity index (χ3n) is 2.32. The maximum atomic E-state index is 11.4. The minimum absolute atomic E-state index is 0.000786. The van der Waals surface area contributed by atoms with Crippen LogP contribution in [0.5, 0.6) is 0 Å². The molecule has 0 spiro atoms. The largest absolute Gasteiger partial charge is 0.466 e. The first-order valence-electron chi connectivity index (χ1n) is 6.07. The van der Waals surface area contributed by atoms with Gasteiger partial charge in [0.2, 0.25) is 0 Å². The number of hydrogen-bond donors (Lipinski definition) is 0. The maximum absolute atomic E-state index is 11.4. The van der Waals surface area contributed by atoms with Crippen molar-refractivity contribution in [3.8, 4) is 0 Å². The van der Waals surface area contributed by atoms with Gasteiger partial charge in [-0.1, -0.05) is 12.1 Å². The van der Waals surface area contributed by atoms with Gasteiger partial charge in [0.15, 0.2) is 17.6 Å². The second-order valence-corrected chi connectivity index (χ2v) is 4.47. The van der Waals surface area contributed by atoms with Gasteiger partial charge in [-0.25, -0.2) is 4.98 Å². The Morgan fingerprint density at radius 1 is 1.25 bits per heavy atom. The number of oxazole rings is 1. The van der Waals surface area contributed by atoms with Crippen molar-refractivity contribution in [2.24, 2.45) is 0 Å². The molecule has 0 saturated carbocycles. The zero-order valence-corrected chi connectivity index (χ0v) is 11.6. The highest BCUT2D eigenvalue weighted by molar-refractivity contribution is 7.94. The molecule has 0 amide bonds. The average molecular weight is 295 g/mol. The van der Waals surface area contributed by atoms with Gasteiger partial charge < -0.3 is 13.3 Å². The van der Waals surface area contributed by atoms with Crippen LogP contribution in [0.2, 0.25) is 0 Å². The molecule has 1 heterocycles. The number of para-hydroxylation sites is 2. The van der Waals surface area contributed by atoms with Crippen LogP contribution in [-0.4, -0.2) is 23.5 Å². The summed E-state index contributed by atoms with van der Waals surface area (Å²) in [5.41, 5.74) is 1.31. The minimum atomic E-state index is -0.523. The Labute approximate surface area is 119 Å². The van der Waals surface area contributed by atoms with Gasteiger partial charge in [-0.2, -0.15) is 0 Å². The lowest BCUT2D eigenvalue weighted by Crippen LogP contribution is -2.07. The lowest BCUT2D eigenvalue weighted by atomic mass is 10.3. The molecule has 0 atom stereocenters. The summed E-state index contributed by atoms with van der Waals surface area (Å²) in [4.78, 5) is 26.6. The molecule has 0 unspecified atom stereocenters. The monoisotopic (exact) mass is 295 g/mol. The van der Waals surface area contributed by atoms with Crippen molar-refractivity contribution in [3.63, 3.8) is 0 Å². The van der Waals surface area contributed by atoms with E-state index >= 15 is 0 Å². The summed E-state index contributed by atoms with van der Waals surface area (Å²) < 4.78 is 15.0. The second-order valence-electron chi connectivity index (χ2n) is 3.79. The van der Waals surface area contributed by atoms with E-state index in [2.05, 4.69) is 4.98 Å². The van der Waals surface area contributed by atoms with E-state index in [0.717, 1.165) is 12.0 Å². The summed E-state index contributed by atoms with van der Waals surface area (Å²) in [5.74, 6) is -0.943. The van der Waals surface area contributed by atoms with Crippen LogP contribution in [0.3, 0.4) is 0 Å². The van der Waals surface area contributed by atoms with Gasteiger partial charge in [-0.3, -0.25) is 9.59 Å². The van der Waals surface area contributed by atoms with Crippen LogP contribution in [0.25, 0.3) is 11.1 Å². The van der Waals surface area contributed by atoms with Gasteiger partial charge >= 0.3 is 11.9 Å². The number of esters is 1. The predicted octanol–water partition coefficient (Wildman–Crippen LogP) is 2.72. The molecule has 2 rings (SSSR count). The molecule has 1 aromatic heterocycles. The number of fused-ring (bicyclic) bond motifs is 1. The number of nitrogens with zero attached hydrogens (tertiary/aromatic N) is 1. The molecule has 106 valence electrons. The molecule has 1 aromatic carbocycles. The summed E-state index contributed by atoms with van der Waals surface area (Å²) >= 11 is 0.740. The molecule has 0 saturated heterocycles. The van der Waals surface area contributed by atoms with Crippen LogP contribution in [0.4, 0.5) is 0 Å².